The van der Waals surface area contributed by atoms with Crippen LogP contribution in [0.25, 0.3) is 0 Å². The number of carbonyl (C=O) groups is 1. The van der Waals surface area contributed by atoms with E-state index in [2.05, 4.69) is 4.98 Å². The summed E-state index contributed by atoms with van der Waals surface area (Å²) >= 11 is 0. The van der Waals surface area contributed by atoms with E-state index in [1.807, 2.05) is 55.1 Å². The second-order valence-corrected chi connectivity index (χ2v) is 5.99. The van der Waals surface area contributed by atoms with Crippen molar-refractivity contribution in [2.75, 3.05) is 13.7 Å². The molecule has 2 aromatic rings. The molecule has 25 heavy (non-hydrogen) atoms. The van der Waals surface area contributed by atoms with Gasteiger partial charge in [-0.1, -0.05) is 19.1 Å². The quantitative estimate of drug-likeness (QED) is 0.700. The summed E-state index contributed by atoms with van der Waals surface area (Å²) in [5.74, 6) is 0.908. The van der Waals surface area contributed by atoms with Crippen LogP contribution in [0, 0.1) is 0 Å². The van der Waals surface area contributed by atoms with Crippen LogP contribution in [0.4, 0.5) is 0 Å². The highest BCUT2D eigenvalue weighted by molar-refractivity contribution is 5.75. The number of carbonyl (C=O) groups excluding carboxylic acids is 1. The molecule has 1 amide bonds. The fourth-order valence-electron chi connectivity index (χ4n) is 2.60. The maximum absolute atomic E-state index is 12.3. The van der Waals surface area contributed by atoms with Gasteiger partial charge in [-0.15, -0.1) is 0 Å². The average Bonchev–Trinajstić information content (AvgIpc) is 2.62. The number of nitrogens with zero attached hydrogens (tertiary/aromatic N) is 2. The highest BCUT2D eigenvalue weighted by atomic mass is 16.5. The fraction of sp³-hybridized carbons (Fsp3) is 0.400. The molecule has 5 nitrogen and oxygen atoms in total. The third-order valence-corrected chi connectivity index (χ3v) is 3.79. The standard InChI is InChI=1S/C20H26N2O3/c1-4-20(23)22(13-17-8-10-21-11-9-17)14-18-6-5-7-19(12-18)25-16(2)15-24-3/h5-12,16H,4,13-15H2,1-3H3. The summed E-state index contributed by atoms with van der Waals surface area (Å²) < 4.78 is 10.9. The molecule has 134 valence electrons. The third kappa shape index (κ3) is 6.19. The van der Waals surface area contributed by atoms with E-state index in [9.17, 15) is 4.79 Å². The summed E-state index contributed by atoms with van der Waals surface area (Å²) in [5.41, 5.74) is 2.11. The number of ether oxygens (including phenoxy) is 2. The van der Waals surface area contributed by atoms with Gasteiger partial charge < -0.3 is 14.4 Å². The van der Waals surface area contributed by atoms with Crippen LogP contribution in [0.3, 0.4) is 0 Å². The molecule has 5 heteroatoms. The summed E-state index contributed by atoms with van der Waals surface area (Å²) in [7, 11) is 1.66. The van der Waals surface area contributed by atoms with E-state index in [0.717, 1.165) is 16.9 Å². The summed E-state index contributed by atoms with van der Waals surface area (Å²) in [4.78, 5) is 18.2. The maximum atomic E-state index is 12.3. The van der Waals surface area contributed by atoms with Crippen molar-refractivity contribution >= 4 is 5.91 Å². The Morgan fingerprint density at radius 1 is 1.16 bits per heavy atom. The zero-order valence-corrected chi connectivity index (χ0v) is 15.1. The van der Waals surface area contributed by atoms with Gasteiger partial charge in [0.25, 0.3) is 0 Å². The summed E-state index contributed by atoms with van der Waals surface area (Å²) in [6.45, 7) is 5.50. The van der Waals surface area contributed by atoms with Crippen LogP contribution in [0.5, 0.6) is 5.75 Å². The molecule has 0 aliphatic carbocycles. The van der Waals surface area contributed by atoms with Crippen LogP contribution in [0.1, 0.15) is 31.4 Å². The molecule has 1 unspecified atom stereocenters. The molecule has 0 fully saturated rings. The highest BCUT2D eigenvalue weighted by Gasteiger charge is 2.13. The Balaban J connectivity index is 2.08. The number of methoxy groups -OCH3 is 1. The zero-order chi connectivity index (χ0) is 18.1. The second kappa shape index (κ2) is 9.79. The number of aromatic nitrogens is 1. The van der Waals surface area contributed by atoms with E-state index in [1.165, 1.54) is 0 Å². The first-order valence-corrected chi connectivity index (χ1v) is 8.53. The summed E-state index contributed by atoms with van der Waals surface area (Å²) in [5, 5.41) is 0. The van der Waals surface area contributed by atoms with E-state index in [1.54, 1.807) is 19.5 Å². The van der Waals surface area contributed by atoms with Crippen molar-refractivity contribution in [3.8, 4) is 5.75 Å². The molecular formula is C20H26N2O3. The minimum atomic E-state index is -0.0227. The topological polar surface area (TPSA) is 51.7 Å². The predicted molar refractivity (Wildman–Crippen MR) is 97.2 cm³/mol. The van der Waals surface area contributed by atoms with Crippen LogP contribution in [-0.4, -0.2) is 35.6 Å². The van der Waals surface area contributed by atoms with E-state index in [0.29, 0.717) is 26.1 Å². The van der Waals surface area contributed by atoms with Crippen LogP contribution in [0.2, 0.25) is 0 Å². The van der Waals surface area contributed by atoms with Gasteiger partial charge in [0.15, 0.2) is 0 Å². The van der Waals surface area contributed by atoms with Gasteiger partial charge in [-0.05, 0) is 42.3 Å². The molecule has 1 atom stereocenters. The Morgan fingerprint density at radius 2 is 1.88 bits per heavy atom. The lowest BCUT2D eigenvalue weighted by Crippen LogP contribution is -2.29. The van der Waals surface area contributed by atoms with Gasteiger partial charge in [-0.25, -0.2) is 0 Å². The number of hydrogen-bond acceptors (Lipinski definition) is 4. The molecule has 1 aromatic heterocycles. The molecule has 0 saturated heterocycles. The molecule has 1 aromatic carbocycles. The van der Waals surface area contributed by atoms with Crippen molar-refractivity contribution in [1.82, 2.24) is 9.88 Å². The minimum absolute atomic E-state index is 0.0227. The predicted octanol–water partition coefficient (Wildman–Crippen LogP) is 3.43. The second-order valence-electron chi connectivity index (χ2n) is 5.99. The van der Waals surface area contributed by atoms with Crippen LogP contribution >= 0.6 is 0 Å². The Bertz CT molecular complexity index is 661. The molecule has 0 saturated carbocycles. The van der Waals surface area contributed by atoms with Crippen LogP contribution in [0.15, 0.2) is 48.8 Å². The van der Waals surface area contributed by atoms with Gasteiger partial charge in [0, 0.05) is 39.0 Å². The Labute approximate surface area is 149 Å². The van der Waals surface area contributed by atoms with Gasteiger partial charge in [-0.2, -0.15) is 0 Å². The largest absolute Gasteiger partial charge is 0.488 e. The van der Waals surface area contributed by atoms with Gasteiger partial charge >= 0.3 is 0 Å². The third-order valence-electron chi connectivity index (χ3n) is 3.79. The normalized spacial score (nSPS) is 11.8. The highest BCUT2D eigenvalue weighted by Crippen LogP contribution is 2.18. The van der Waals surface area contributed by atoms with Gasteiger partial charge in [0.2, 0.25) is 5.91 Å². The molecular weight excluding hydrogens is 316 g/mol. The molecule has 1 heterocycles. The minimum Gasteiger partial charge on any atom is -0.488 e. The smallest absolute Gasteiger partial charge is 0.222 e. The van der Waals surface area contributed by atoms with Gasteiger partial charge in [-0.3, -0.25) is 9.78 Å². The van der Waals surface area contributed by atoms with E-state index in [4.69, 9.17) is 9.47 Å². The summed E-state index contributed by atoms with van der Waals surface area (Å²) in [6, 6.07) is 11.7. The molecule has 0 aliphatic heterocycles. The molecule has 0 radical (unpaired) electrons. The van der Waals surface area contributed by atoms with Crippen LogP contribution in [-0.2, 0) is 22.6 Å². The summed E-state index contributed by atoms with van der Waals surface area (Å²) in [6.07, 6.45) is 3.95. The molecule has 0 bridgehead atoms. The first-order chi connectivity index (χ1) is 12.1. The number of hydrogen-bond donors (Lipinski definition) is 0. The molecule has 2 rings (SSSR count). The Morgan fingerprint density at radius 3 is 2.56 bits per heavy atom. The number of amides is 1. The van der Waals surface area contributed by atoms with Crippen molar-refractivity contribution in [1.29, 1.82) is 0 Å². The van der Waals surface area contributed by atoms with E-state index < -0.39 is 0 Å². The number of rotatable bonds is 9. The molecule has 0 aliphatic rings. The van der Waals surface area contributed by atoms with Gasteiger partial charge in [0.05, 0.1) is 6.61 Å². The van der Waals surface area contributed by atoms with Gasteiger partial charge in [0.1, 0.15) is 11.9 Å². The average molecular weight is 342 g/mol. The molecule has 0 spiro atoms. The Kier molecular flexibility index (Phi) is 7.41. The maximum Gasteiger partial charge on any atom is 0.222 e. The SMILES string of the molecule is CCC(=O)N(Cc1ccncc1)Cc1cccc(OC(C)COC)c1. The lowest BCUT2D eigenvalue weighted by atomic mass is 10.1. The van der Waals surface area contributed by atoms with Crippen LogP contribution < -0.4 is 4.74 Å². The monoisotopic (exact) mass is 342 g/mol. The van der Waals surface area contributed by atoms with E-state index in [-0.39, 0.29) is 12.0 Å². The van der Waals surface area contributed by atoms with Crippen molar-refractivity contribution in [3.63, 3.8) is 0 Å². The van der Waals surface area contributed by atoms with Crippen molar-refractivity contribution in [2.24, 2.45) is 0 Å². The van der Waals surface area contributed by atoms with Crippen molar-refractivity contribution in [3.05, 3.63) is 59.9 Å². The van der Waals surface area contributed by atoms with Crippen molar-refractivity contribution < 1.29 is 14.3 Å². The number of pyridine rings is 1. The fourth-order valence-corrected chi connectivity index (χ4v) is 2.60. The zero-order valence-electron chi connectivity index (χ0n) is 15.1. The lowest BCUT2D eigenvalue weighted by Gasteiger charge is -2.23. The Hall–Kier alpha value is -2.40. The lowest BCUT2D eigenvalue weighted by molar-refractivity contribution is -0.132. The number of benzene rings is 1. The van der Waals surface area contributed by atoms with Crippen molar-refractivity contribution in [2.45, 2.75) is 39.5 Å². The van der Waals surface area contributed by atoms with E-state index >= 15 is 0 Å². The first-order valence-electron chi connectivity index (χ1n) is 8.53. The first kappa shape index (κ1) is 18.9. The molecule has 0 N–H and O–H groups in total.